The van der Waals surface area contributed by atoms with Gasteiger partial charge in [0.05, 0.1) is 10.6 Å². The Hall–Kier alpha value is -2.40. The second kappa shape index (κ2) is 5.18. The Kier molecular flexibility index (Phi) is 3.35. The average molecular weight is 298 g/mol. The van der Waals surface area contributed by atoms with Crippen molar-refractivity contribution in [2.24, 2.45) is 0 Å². The first-order valence-electron chi connectivity index (χ1n) is 6.44. The predicted octanol–water partition coefficient (Wildman–Crippen LogP) is 2.94. The summed E-state index contributed by atoms with van der Waals surface area (Å²) in [6, 6.07) is 14.7. The summed E-state index contributed by atoms with van der Waals surface area (Å²) in [5.74, 6) is 0. The first kappa shape index (κ1) is 13.6. The van der Waals surface area contributed by atoms with Crippen LogP contribution in [0.5, 0.6) is 0 Å². The van der Waals surface area contributed by atoms with Crippen LogP contribution in [0.2, 0.25) is 0 Å². The van der Waals surface area contributed by atoms with E-state index in [9.17, 15) is 8.42 Å². The lowest BCUT2D eigenvalue weighted by Crippen LogP contribution is -1.99. The Bertz CT molecular complexity index is 851. The molecule has 0 bridgehead atoms. The van der Waals surface area contributed by atoms with E-state index in [1.807, 2.05) is 35.0 Å². The maximum absolute atomic E-state index is 11.5. The van der Waals surface area contributed by atoms with Crippen molar-refractivity contribution in [1.82, 2.24) is 9.55 Å². The highest BCUT2D eigenvalue weighted by Crippen LogP contribution is 2.23. The number of benzene rings is 1. The molecule has 0 unspecified atom stereocenters. The Labute approximate surface area is 123 Å². The van der Waals surface area contributed by atoms with Gasteiger partial charge in [0.15, 0.2) is 9.84 Å². The standard InChI is InChI=1S/C16H14N2O2S/c1-21(19,20)15-8-6-14(7-9-15)18-11-3-5-16(18)13-4-2-10-17-12-13/h2-12H,1H3. The molecule has 4 nitrogen and oxygen atoms in total. The van der Waals surface area contributed by atoms with Crippen molar-refractivity contribution >= 4 is 9.84 Å². The lowest BCUT2D eigenvalue weighted by molar-refractivity contribution is 0.602. The van der Waals surface area contributed by atoms with Gasteiger partial charge in [-0.3, -0.25) is 4.98 Å². The smallest absolute Gasteiger partial charge is 0.175 e. The van der Waals surface area contributed by atoms with Crippen LogP contribution < -0.4 is 0 Å². The molecule has 0 saturated carbocycles. The lowest BCUT2D eigenvalue weighted by Gasteiger charge is -2.10. The highest BCUT2D eigenvalue weighted by atomic mass is 32.2. The van der Waals surface area contributed by atoms with Crippen LogP contribution in [0.1, 0.15) is 0 Å². The van der Waals surface area contributed by atoms with Crippen molar-refractivity contribution in [3.8, 4) is 16.9 Å². The minimum absolute atomic E-state index is 0.321. The number of pyridine rings is 1. The van der Waals surface area contributed by atoms with Gasteiger partial charge >= 0.3 is 0 Å². The van der Waals surface area contributed by atoms with Gasteiger partial charge in [0.25, 0.3) is 0 Å². The van der Waals surface area contributed by atoms with Gasteiger partial charge in [0, 0.05) is 36.1 Å². The molecule has 0 aliphatic heterocycles. The first-order valence-corrected chi connectivity index (χ1v) is 8.33. The van der Waals surface area contributed by atoms with Crippen LogP contribution in [0.15, 0.2) is 72.0 Å². The van der Waals surface area contributed by atoms with E-state index in [2.05, 4.69) is 4.98 Å². The molecule has 0 aliphatic rings. The van der Waals surface area contributed by atoms with E-state index in [1.54, 1.807) is 36.7 Å². The quantitative estimate of drug-likeness (QED) is 0.747. The molecule has 106 valence electrons. The molecule has 0 N–H and O–H groups in total. The highest BCUT2D eigenvalue weighted by Gasteiger charge is 2.09. The number of rotatable bonds is 3. The van der Waals surface area contributed by atoms with Gasteiger partial charge in [0.1, 0.15) is 0 Å². The van der Waals surface area contributed by atoms with Gasteiger partial charge < -0.3 is 4.57 Å². The molecule has 0 saturated heterocycles. The molecule has 0 radical (unpaired) electrons. The maximum atomic E-state index is 11.5. The second-order valence-electron chi connectivity index (χ2n) is 4.77. The lowest BCUT2D eigenvalue weighted by atomic mass is 10.2. The van der Waals surface area contributed by atoms with E-state index in [-0.39, 0.29) is 0 Å². The van der Waals surface area contributed by atoms with E-state index >= 15 is 0 Å². The zero-order chi connectivity index (χ0) is 14.9. The van der Waals surface area contributed by atoms with Crippen molar-refractivity contribution in [1.29, 1.82) is 0 Å². The number of nitrogens with zero attached hydrogens (tertiary/aromatic N) is 2. The maximum Gasteiger partial charge on any atom is 0.175 e. The van der Waals surface area contributed by atoms with Crippen molar-refractivity contribution < 1.29 is 8.42 Å². The minimum Gasteiger partial charge on any atom is -0.317 e. The minimum atomic E-state index is -3.17. The largest absolute Gasteiger partial charge is 0.317 e. The van der Waals surface area contributed by atoms with E-state index in [0.717, 1.165) is 16.9 Å². The molecule has 3 aromatic rings. The SMILES string of the molecule is CS(=O)(=O)c1ccc(-n2cccc2-c2cccnc2)cc1. The van der Waals surface area contributed by atoms with Crippen molar-refractivity contribution in [3.05, 3.63) is 67.1 Å². The number of hydrogen-bond acceptors (Lipinski definition) is 3. The summed E-state index contributed by atoms with van der Waals surface area (Å²) < 4.78 is 25.0. The summed E-state index contributed by atoms with van der Waals surface area (Å²) in [6.45, 7) is 0. The van der Waals surface area contributed by atoms with Gasteiger partial charge in [-0.15, -0.1) is 0 Å². The van der Waals surface area contributed by atoms with E-state index in [4.69, 9.17) is 0 Å². The fourth-order valence-electron chi connectivity index (χ4n) is 2.21. The summed E-state index contributed by atoms with van der Waals surface area (Å²) in [5, 5.41) is 0. The molecule has 1 aromatic carbocycles. The summed E-state index contributed by atoms with van der Waals surface area (Å²) in [7, 11) is -3.17. The van der Waals surface area contributed by atoms with E-state index < -0.39 is 9.84 Å². The van der Waals surface area contributed by atoms with Gasteiger partial charge in [-0.2, -0.15) is 0 Å². The normalized spacial score (nSPS) is 11.5. The van der Waals surface area contributed by atoms with Crippen LogP contribution in [0.3, 0.4) is 0 Å². The van der Waals surface area contributed by atoms with Gasteiger partial charge in [-0.05, 0) is 48.5 Å². The fourth-order valence-corrected chi connectivity index (χ4v) is 2.84. The zero-order valence-corrected chi connectivity index (χ0v) is 12.3. The first-order chi connectivity index (χ1) is 10.1. The molecule has 2 aromatic heterocycles. The molecule has 0 aliphatic carbocycles. The summed E-state index contributed by atoms with van der Waals surface area (Å²) in [5.41, 5.74) is 2.93. The number of aromatic nitrogens is 2. The third kappa shape index (κ3) is 2.73. The van der Waals surface area contributed by atoms with E-state index in [1.165, 1.54) is 6.26 Å². The molecule has 5 heteroatoms. The van der Waals surface area contributed by atoms with Crippen LogP contribution in [-0.4, -0.2) is 24.2 Å². The molecule has 0 amide bonds. The Morgan fingerprint density at radius 1 is 1.00 bits per heavy atom. The summed E-state index contributed by atoms with van der Waals surface area (Å²) >= 11 is 0. The third-order valence-corrected chi connectivity index (χ3v) is 4.38. The van der Waals surface area contributed by atoms with Crippen LogP contribution in [0.25, 0.3) is 16.9 Å². The van der Waals surface area contributed by atoms with E-state index in [0.29, 0.717) is 4.90 Å². The molecule has 2 heterocycles. The molecular formula is C16H14N2O2S. The Morgan fingerprint density at radius 2 is 1.76 bits per heavy atom. The monoisotopic (exact) mass is 298 g/mol. The molecular weight excluding hydrogens is 284 g/mol. The van der Waals surface area contributed by atoms with Crippen molar-refractivity contribution in [2.45, 2.75) is 4.90 Å². The number of hydrogen-bond donors (Lipinski definition) is 0. The van der Waals surface area contributed by atoms with Crippen molar-refractivity contribution in [3.63, 3.8) is 0 Å². The average Bonchev–Trinajstić information content (AvgIpc) is 2.97. The molecule has 0 fully saturated rings. The number of sulfone groups is 1. The van der Waals surface area contributed by atoms with Crippen LogP contribution in [0, 0.1) is 0 Å². The van der Waals surface area contributed by atoms with Gasteiger partial charge in [-0.1, -0.05) is 0 Å². The molecule has 3 rings (SSSR count). The Morgan fingerprint density at radius 3 is 2.38 bits per heavy atom. The van der Waals surface area contributed by atoms with Gasteiger partial charge in [0.2, 0.25) is 0 Å². The van der Waals surface area contributed by atoms with Gasteiger partial charge in [-0.25, -0.2) is 8.42 Å². The topological polar surface area (TPSA) is 52.0 Å². The van der Waals surface area contributed by atoms with Crippen LogP contribution in [0.4, 0.5) is 0 Å². The molecule has 0 atom stereocenters. The molecule has 21 heavy (non-hydrogen) atoms. The highest BCUT2D eigenvalue weighted by molar-refractivity contribution is 7.90. The fraction of sp³-hybridized carbons (Fsp3) is 0.0625. The summed E-state index contributed by atoms with van der Waals surface area (Å²) in [6.07, 6.45) is 6.69. The predicted molar refractivity (Wildman–Crippen MR) is 82.1 cm³/mol. The summed E-state index contributed by atoms with van der Waals surface area (Å²) in [4.78, 5) is 4.45. The second-order valence-corrected chi connectivity index (χ2v) is 6.79. The van der Waals surface area contributed by atoms with Crippen LogP contribution >= 0.6 is 0 Å². The van der Waals surface area contributed by atoms with Crippen molar-refractivity contribution in [2.75, 3.05) is 6.26 Å². The Balaban J connectivity index is 2.05. The zero-order valence-electron chi connectivity index (χ0n) is 11.5. The third-order valence-electron chi connectivity index (χ3n) is 3.25. The van der Waals surface area contributed by atoms with Crippen LogP contribution in [-0.2, 0) is 9.84 Å². The molecule has 0 spiro atoms.